The van der Waals surface area contributed by atoms with Gasteiger partial charge in [0, 0.05) is 19.1 Å². The third-order valence-electron chi connectivity index (χ3n) is 4.94. The van der Waals surface area contributed by atoms with Crippen molar-refractivity contribution in [3.63, 3.8) is 0 Å². The minimum atomic E-state index is -0.457. The molecule has 2 amide bonds. The summed E-state index contributed by atoms with van der Waals surface area (Å²) < 4.78 is 5.67. The number of ether oxygens (including phenoxy) is 1. The molecule has 3 aliphatic heterocycles. The van der Waals surface area contributed by atoms with Crippen LogP contribution in [0.5, 0.6) is 0 Å². The van der Waals surface area contributed by atoms with Gasteiger partial charge in [-0.25, -0.2) is 0 Å². The summed E-state index contributed by atoms with van der Waals surface area (Å²) in [4.78, 5) is 29.5. The Labute approximate surface area is 125 Å². The second-order valence-electron chi connectivity index (χ2n) is 6.39. The van der Waals surface area contributed by atoms with Crippen LogP contribution in [0.25, 0.3) is 0 Å². The molecule has 2 unspecified atom stereocenters. The van der Waals surface area contributed by atoms with Gasteiger partial charge in [-0.05, 0) is 33.0 Å². The Morgan fingerprint density at radius 2 is 2.05 bits per heavy atom. The van der Waals surface area contributed by atoms with E-state index < -0.39 is 5.91 Å². The molecule has 0 bridgehead atoms. The molecule has 2 atom stereocenters. The number of hydrogen-bond donors (Lipinski definition) is 1. The number of rotatable bonds is 3. The van der Waals surface area contributed by atoms with E-state index in [0.29, 0.717) is 6.04 Å². The summed E-state index contributed by atoms with van der Waals surface area (Å²) in [6.07, 6.45) is 2.32. The van der Waals surface area contributed by atoms with Crippen LogP contribution in [-0.2, 0) is 14.3 Å². The van der Waals surface area contributed by atoms with E-state index in [1.165, 1.54) is 0 Å². The third-order valence-corrected chi connectivity index (χ3v) is 4.94. The average molecular weight is 296 g/mol. The number of fused-ring (bicyclic) bond motifs is 1. The molecule has 3 saturated heterocycles. The minimum absolute atomic E-state index is 0.00457. The van der Waals surface area contributed by atoms with Gasteiger partial charge in [0.15, 0.2) is 0 Å². The molecule has 3 aliphatic rings. The lowest BCUT2D eigenvalue weighted by Crippen LogP contribution is -2.56. The van der Waals surface area contributed by atoms with E-state index in [0.717, 1.165) is 39.0 Å². The topological polar surface area (TPSA) is 79.1 Å². The normalized spacial score (nSPS) is 32.4. The summed E-state index contributed by atoms with van der Waals surface area (Å²) in [5.74, 6) is -0.581. The molecular weight excluding hydrogens is 272 g/mol. The fourth-order valence-corrected chi connectivity index (χ4v) is 3.73. The molecule has 21 heavy (non-hydrogen) atoms. The van der Waals surface area contributed by atoms with Crippen LogP contribution in [0.3, 0.4) is 0 Å². The summed E-state index contributed by atoms with van der Waals surface area (Å²) >= 11 is 0. The Kier molecular flexibility index (Phi) is 4.14. The van der Waals surface area contributed by atoms with Crippen LogP contribution in [0, 0.1) is 0 Å². The first-order valence-electron chi connectivity index (χ1n) is 7.66. The van der Waals surface area contributed by atoms with Crippen molar-refractivity contribution in [1.82, 2.24) is 14.7 Å². The standard InChI is InChI=1S/C14H24N4O3/c1-16-4-2-10(3-5-16)17-6-11-12(7-17)21-9-14(20)18(11)8-13(15)19/h10-12H,2-9H2,1H3,(H2,15,19). The molecule has 0 aromatic rings. The van der Waals surface area contributed by atoms with E-state index in [9.17, 15) is 9.59 Å². The number of carbonyl (C=O) groups is 2. The van der Waals surface area contributed by atoms with E-state index in [4.69, 9.17) is 10.5 Å². The summed E-state index contributed by atoms with van der Waals surface area (Å²) in [5, 5.41) is 0. The molecule has 118 valence electrons. The molecule has 0 aromatic carbocycles. The highest BCUT2D eigenvalue weighted by atomic mass is 16.5. The number of nitrogens with zero attached hydrogens (tertiary/aromatic N) is 3. The lowest BCUT2D eigenvalue weighted by molar-refractivity contribution is -0.155. The molecular formula is C14H24N4O3. The van der Waals surface area contributed by atoms with E-state index in [1.54, 1.807) is 4.90 Å². The van der Waals surface area contributed by atoms with Gasteiger partial charge in [0.05, 0.1) is 18.7 Å². The largest absolute Gasteiger partial charge is 0.368 e. The van der Waals surface area contributed by atoms with Gasteiger partial charge in [0.1, 0.15) is 6.61 Å². The number of primary amides is 1. The van der Waals surface area contributed by atoms with Crippen LogP contribution in [0.15, 0.2) is 0 Å². The highest BCUT2D eigenvalue weighted by molar-refractivity contribution is 5.85. The van der Waals surface area contributed by atoms with Gasteiger partial charge in [0.25, 0.3) is 0 Å². The van der Waals surface area contributed by atoms with Crippen LogP contribution >= 0.6 is 0 Å². The summed E-state index contributed by atoms with van der Waals surface area (Å²) in [7, 11) is 2.15. The highest BCUT2D eigenvalue weighted by Crippen LogP contribution is 2.27. The monoisotopic (exact) mass is 296 g/mol. The molecule has 0 saturated carbocycles. The first-order chi connectivity index (χ1) is 10.0. The number of amides is 2. The molecule has 3 rings (SSSR count). The molecule has 0 aromatic heterocycles. The predicted molar refractivity (Wildman–Crippen MR) is 76.5 cm³/mol. The SMILES string of the molecule is CN1CCC(N2CC3OCC(=O)N(CC(N)=O)C3C2)CC1. The van der Waals surface area contributed by atoms with Gasteiger partial charge in [-0.3, -0.25) is 14.5 Å². The van der Waals surface area contributed by atoms with Crippen LogP contribution in [0.1, 0.15) is 12.8 Å². The fraction of sp³-hybridized carbons (Fsp3) is 0.857. The number of morpholine rings is 1. The van der Waals surface area contributed by atoms with Gasteiger partial charge in [0.2, 0.25) is 11.8 Å². The van der Waals surface area contributed by atoms with Gasteiger partial charge in [-0.15, -0.1) is 0 Å². The van der Waals surface area contributed by atoms with Gasteiger partial charge < -0.3 is 20.3 Å². The number of carbonyl (C=O) groups excluding carboxylic acids is 2. The number of likely N-dealkylation sites (tertiary alicyclic amines) is 2. The van der Waals surface area contributed by atoms with E-state index >= 15 is 0 Å². The minimum Gasteiger partial charge on any atom is -0.368 e. The lowest BCUT2D eigenvalue weighted by atomic mass is 10.0. The van der Waals surface area contributed by atoms with Crippen LogP contribution in [-0.4, -0.2) is 91.1 Å². The van der Waals surface area contributed by atoms with Crippen molar-refractivity contribution >= 4 is 11.8 Å². The van der Waals surface area contributed by atoms with Crippen molar-refractivity contribution in [2.45, 2.75) is 31.0 Å². The third kappa shape index (κ3) is 3.04. The Balaban J connectivity index is 1.65. The molecule has 0 radical (unpaired) electrons. The van der Waals surface area contributed by atoms with Crippen molar-refractivity contribution in [3.05, 3.63) is 0 Å². The predicted octanol–water partition coefficient (Wildman–Crippen LogP) is -1.52. The average Bonchev–Trinajstić information content (AvgIpc) is 2.87. The zero-order valence-corrected chi connectivity index (χ0v) is 12.5. The van der Waals surface area contributed by atoms with Crippen molar-refractivity contribution in [3.8, 4) is 0 Å². The van der Waals surface area contributed by atoms with Crippen molar-refractivity contribution in [2.75, 3.05) is 46.4 Å². The van der Waals surface area contributed by atoms with E-state index in [-0.39, 0.29) is 31.2 Å². The Hall–Kier alpha value is -1.18. The molecule has 0 spiro atoms. The maximum atomic E-state index is 12.0. The van der Waals surface area contributed by atoms with Crippen LogP contribution in [0.4, 0.5) is 0 Å². The molecule has 2 N–H and O–H groups in total. The van der Waals surface area contributed by atoms with Gasteiger partial charge in [-0.2, -0.15) is 0 Å². The molecule has 7 nitrogen and oxygen atoms in total. The second-order valence-corrected chi connectivity index (χ2v) is 6.39. The zero-order chi connectivity index (χ0) is 15.0. The Morgan fingerprint density at radius 3 is 2.71 bits per heavy atom. The number of piperidine rings is 1. The first kappa shape index (κ1) is 14.7. The summed E-state index contributed by atoms with van der Waals surface area (Å²) in [6, 6.07) is 0.527. The summed E-state index contributed by atoms with van der Waals surface area (Å²) in [6.45, 7) is 3.93. The second kappa shape index (κ2) is 5.90. The van der Waals surface area contributed by atoms with E-state index in [1.807, 2.05) is 0 Å². The summed E-state index contributed by atoms with van der Waals surface area (Å²) in [5.41, 5.74) is 5.27. The van der Waals surface area contributed by atoms with Crippen LogP contribution < -0.4 is 5.73 Å². The number of nitrogens with two attached hydrogens (primary N) is 1. The van der Waals surface area contributed by atoms with Crippen LogP contribution in [0.2, 0.25) is 0 Å². The first-order valence-corrected chi connectivity index (χ1v) is 7.66. The van der Waals surface area contributed by atoms with Gasteiger partial charge in [-0.1, -0.05) is 0 Å². The van der Waals surface area contributed by atoms with Crippen molar-refractivity contribution < 1.29 is 14.3 Å². The van der Waals surface area contributed by atoms with Gasteiger partial charge >= 0.3 is 0 Å². The molecule has 3 fully saturated rings. The maximum Gasteiger partial charge on any atom is 0.249 e. The fourth-order valence-electron chi connectivity index (χ4n) is 3.73. The Morgan fingerprint density at radius 1 is 1.33 bits per heavy atom. The van der Waals surface area contributed by atoms with E-state index in [2.05, 4.69) is 16.8 Å². The molecule has 7 heteroatoms. The van der Waals surface area contributed by atoms with Crippen molar-refractivity contribution in [1.29, 1.82) is 0 Å². The quantitative estimate of drug-likeness (QED) is 0.684. The maximum absolute atomic E-state index is 12.0. The Bertz CT molecular complexity index is 422. The lowest BCUT2D eigenvalue weighted by Gasteiger charge is -2.36. The van der Waals surface area contributed by atoms with Crippen molar-refractivity contribution in [2.24, 2.45) is 5.73 Å². The molecule has 3 heterocycles. The number of hydrogen-bond acceptors (Lipinski definition) is 5. The molecule has 0 aliphatic carbocycles. The highest BCUT2D eigenvalue weighted by Gasteiger charge is 2.45. The zero-order valence-electron chi connectivity index (χ0n) is 12.5. The smallest absolute Gasteiger partial charge is 0.249 e.